The van der Waals surface area contributed by atoms with Crippen molar-refractivity contribution in [3.63, 3.8) is 0 Å². The van der Waals surface area contributed by atoms with E-state index in [-0.39, 0.29) is 0 Å². The molecule has 0 atom stereocenters. The first-order valence-electron chi connectivity index (χ1n) is 7.92. The number of ether oxygens (including phenoxy) is 1. The average Bonchev–Trinajstić information content (AvgIpc) is 3.43. The molecule has 0 radical (unpaired) electrons. The smallest absolute Gasteiger partial charge is 0.210 e. The molecule has 6 nitrogen and oxygen atoms in total. The Labute approximate surface area is 176 Å². The number of hydrogen-bond acceptors (Lipinski definition) is 8. The number of rotatable bonds is 7. The third kappa shape index (κ3) is 4.40. The summed E-state index contributed by atoms with van der Waals surface area (Å²) in [4.78, 5) is 5.98. The molecule has 27 heavy (non-hydrogen) atoms. The van der Waals surface area contributed by atoms with Gasteiger partial charge in [0.1, 0.15) is 10.8 Å². The van der Waals surface area contributed by atoms with Crippen LogP contribution in [-0.2, 0) is 12.3 Å². The van der Waals surface area contributed by atoms with Crippen LogP contribution in [0.15, 0.2) is 50.7 Å². The monoisotopic (exact) mass is 479 g/mol. The summed E-state index contributed by atoms with van der Waals surface area (Å²) in [7, 11) is 1.67. The molecule has 0 unspecified atom stereocenters. The predicted octanol–water partition coefficient (Wildman–Crippen LogP) is 4.97. The van der Waals surface area contributed by atoms with E-state index in [2.05, 4.69) is 48.3 Å². The van der Waals surface area contributed by atoms with Crippen LogP contribution >= 0.6 is 50.4 Å². The number of thiophene rings is 1. The van der Waals surface area contributed by atoms with Gasteiger partial charge in [0.2, 0.25) is 5.16 Å². The lowest BCUT2D eigenvalue weighted by Gasteiger charge is -2.06. The Balaban J connectivity index is 1.47. The van der Waals surface area contributed by atoms with Gasteiger partial charge in [-0.3, -0.25) is 0 Å². The van der Waals surface area contributed by atoms with Gasteiger partial charge >= 0.3 is 0 Å². The van der Waals surface area contributed by atoms with E-state index in [0.29, 0.717) is 12.3 Å². The van der Waals surface area contributed by atoms with E-state index in [0.717, 1.165) is 31.6 Å². The van der Waals surface area contributed by atoms with Crippen LogP contribution in [0, 0.1) is 0 Å². The fourth-order valence-electron chi connectivity index (χ4n) is 2.43. The second-order valence-corrected chi connectivity index (χ2v) is 9.22. The van der Waals surface area contributed by atoms with E-state index < -0.39 is 0 Å². The molecule has 4 aromatic rings. The van der Waals surface area contributed by atoms with Crippen molar-refractivity contribution in [1.82, 2.24) is 25.2 Å². The molecule has 0 N–H and O–H groups in total. The van der Waals surface area contributed by atoms with Crippen molar-refractivity contribution in [2.45, 2.75) is 17.5 Å². The quantitative estimate of drug-likeness (QED) is 0.348. The summed E-state index contributed by atoms with van der Waals surface area (Å²) < 4.78 is 8.28. The van der Waals surface area contributed by atoms with Crippen molar-refractivity contribution in [1.29, 1.82) is 0 Å². The zero-order valence-corrected chi connectivity index (χ0v) is 18.2. The zero-order chi connectivity index (χ0) is 18.6. The van der Waals surface area contributed by atoms with Gasteiger partial charge in [0.15, 0.2) is 0 Å². The van der Waals surface area contributed by atoms with Crippen LogP contribution in [0.3, 0.4) is 0 Å². The number of aromatic nitrogens is 5. The molecule has 0 aliphatic carbocycles. The van der Waals surface area contributed by atoms with Crippen molar-refractivity contribution in [2.75, 3.05) is 7.11 Å². The van der Waals surface area contributed by atoms with Gasteiger partial charge in [0, 0.05) is 20.5 Å². The summed E-state index contributed by atoms with van der Waals surface area (Å²) in [5.74, 6) is 1.52. The number of halogens is 1. The number of hydrogen-bond donors (Lipinski definition) is 0. The van der Waals surface area contributed by atoms with Crippen molar-refractivity contribution in [3.05, 3.63) is 56.1 Å². The molecule has 4 rings (SSSR count). The minimum Gasteiger partial charge on any atom is -0.496 e. The Morgan fingerprint density at radius 3 is 3.00 bits per heavy atom. The van der Waals surface area contributed by atoms with Gasteiger partial charge in [-0.15, -0.1) is 27.8 Å². The van der Waals surface area contributed by atoms with Crippen LogP contribution in [0.5, 0.6) is 5.75 Å². The number of methoxy groups -OCH3 is 1. The minimum atomic E-state index is 0.685. The normalized spacial score (nSPS) is 11.0. The molecular weight excluding hydrogens is 466 g/mol. The zero-order valence-electron chi connectivity index (χ0n) is 14.2. The van der Waals surface area contributed by atoms with E-state index in [1.165, 1.54) is 4.88 Å². The first-order valence-corrected chi connectivity index (χ1v) is 11.5. The Bertz CT molecular complexity index is 1030. The van der Waals surface area contributed by atoms with Crippen LogP contribution in [0.1, 0.15) is 10.6 Å². The van der Waals surface area contributed by atoms with Gasteiger partial charge in [-0.05, 0) is 40.1 Å². The molecule has 138 valence electrons. The summed E-state index contributed by atoms with van der Waals surface area (Å²) in [5, 5.41) is 17.9. The van der Waals surface area contributed by atoms with Crippen LogP contribution in [-0.4, -0.2) is 32.3 Å². The molecule has 3 heterocycles. The van der Waals surface area contributed by atoms with Gasteiger partial charge in [0.25, 0.3) is 0 Å². The number of thiazole rings is 1. The second-order valence-electron chi connectivity index (χ2n) is 5.48. The van der Waals surface area contributed by atoms with Gasteiger partial charge in [0.05, 0.1) is 24.9 Å². The highest BCUT2D eigenvalue weighted by Crippen LogP contribution is 2.35. The van der Waals surface area contributed by atoms with Crippen LogP contribution < -0.4 is 4.74 Å². The third-order valence-corrected chi connectivity index (χ3v) is 6.95. The highest BCUT2D eigenvalue weighted by atomic mass is 79.9. The molecule has 0 aliphatic rings. The van der Waals surface area contributed by atoms with E-state index in [1.54, 1.807) is 41.5 Å². The van der Waals surface area contributed by atoms with Gasteiger partial charge in [-0.2, -0.15) is 0 Å². The van der Waals surface area contributed by atoms with Crippen molar-refractivity contribution in [3.8, 4) is 16.3 Å². The SMILES string of the molecule is COc1ccc(Br)cc1-c1nc(CSc2nnnn2Cc2cccs2)cs1. The average molecular weight is 480 g/mol. The largest absolute Gasteiger partial charge is 0.496 e. The summed E-state index contributed by atoms with van der Waals surface area (Å²) in [6.45, 7) is 0.685. The van der Waals surface area contributed by atoms with Crippen LogP contribution in [0.2, 0.25) is 0 Å². The van der Waals surface area contributed by atoms with Crippen molar-refractivity contribution < 1.29 is 4.74 Å². The minimum absolute atomic E-state index is 0.685. The molecule has 1 aromatic carbocycles. The Morgan fingerprint density at radius 2 is 2.19 bits per heavy atom. The van der Waals surface area contributed by atoms with Gasteiger partial charge in [-0.25, -0.2) is 9.67 Å². The van der Waals surface area contributed by atoms with Crippen LogP contribution in [0.4, 0.5) is 0 Å². The first-order chi connectivity index (χ1) is 13.2. The summed E-state index contributed by atoms with van der Waals surface area (Å²) in [6.07, 6.45) is 0. The first kappa shape index (κ1) is 18.6. The molecule has 0 aliphatic heterocycles. The van der Waals surface area contributed by atoms with Crippen LogP contribution in [0.25, 0.3) is 10.6 Å². The number of nitrogens with zero attached hydrogens (tertiary/aromatic N) is 5. The molecule has 0 amide bonds. The topological polar surface area (TPSA) is 65.7 Å². The van der Waals surface area contributed by atoms with E-state index in [9.17, 15) is 0 Å². The molecular formula is C17H14BrN5OS3. The lowest BCUT2D eigenvalue weighted by atomic mass is 10.2. The summed E-state index contributed by atoms with van der Waals surface area (Å²) in [6, 6.07) is 10.0. The van der Waals surface area contributed by atoms with E-state index in [1.807, 2.05) is 28.9 Å². The maximum Gasteiger partial charge on any atom is 0.210 e. The lowest BCUT2D eigenvalue weighted by molar-refractivity contribution is 0.416. The predicted molar refractivity (Wildman–Crippen MR) is 113 cm³/mol. The molecule has 0 spiro atoms. The maximum atomic E-state index is 5.46. The molecule has 3 aromatic heterocycles. The second kappa shape index (κ2) is 8.51. The summed E-state index contributed by atoms with van der Waals surface area (Å²) >= 11 is 8.40. The standard InChI is InChI=1S/C17H14BrN5OS3/c1-24-15-5-4-11(18)7-14(15)16-19-12(9-26-16)10-27-17-20-21-22-23(17)8-13-3-2-6-25-13/h2-7,9H,8,10H2,1H3. The molecule has 10 heteroatoms. The fourth-order valence-corrected chi connectivity index (χ4v) is 5.19. The third-order valence-electron chi connectivity index (χ3n) is 3.68. The highest BCUT2D eigenvalue weighted by Gasteiger charge is 2.13. The Morgan fingerprint density at radius 1 is 1.26 bits per heavy atom. The lowest BCUT2D eigenvalue weighted by Crippen LogP contribution is -2.02. The molecule has 0 fully saturated rings. The molecule has 0 bridgehead atoms. The van der Waals surface area contributed by atoms with Gasteiger partial charge in [-0.1, -0.05) is 33.8 Å². The van der Waals surface area contributed by atoms with E-state index >= 15 is 0 Å². The van der Waals surface area contributed by atoms with Gasteiger partial charge < -0.3 is 4.74 Å². The number of thioether (sulfide) groups is 1. The Kier molecular flexibility index (Phi) is 5.86. The molecule has 0 saturated carbocycles. The van der Waals surface area contributed by atoms with E-state index in [4.69, 9.17) is 9.72 Å². The number of tetrazole rings is 1. The Hall–Kier alpha value is -1.75. The highest BCUT2D eigenvalue weighted by molar-refractivity contribution is 9.10. The number of benzene rings is 1. The molecule has 0 saturated heterocycles. The maximum absolute atomic E-state index is 5.46. The summed E-state index contributed by atoms with van der Waals surface area (Å²) in [5.41, 5.74) is 1.98. The van der Waals surface area contributed by atoms with Crippen molar-refractivity contribution >= 4 is 50.4 Å². The fraction of sp³-hybridized carbons (Fsp3) is 0.176. The van der Waals surface area contributed by atoms with Crippen molar-refractivity contribution in [2.24, 2.45) is 0 Å².